The fraction of sp³-hybridized carbons (Fsp3) is 0.562. The fourth-order valence-corrected chi connectivity index (χ4v) is 2.83. The molecule has 5 nitrogen and oxygen atoms in total. The molecule has 2 aliphatic rings. The van der Waals surface area contributed by atoms with Gasteiger partial charge in [0.25, 0.3) is 0 Å². The Kier molecular flexibility index (Phi) is 4.85. The van der Waals surface area contributed by atoms with E-state index in [-0.39, 0.29) is 18.1 Å². The van der Waals surface area contributed by atoms with Crippen LogP contribution in [-0.4, -0.2) is 56.0 Å². The van der Waals surface area contributed by atoms with Crippen molar-refractivity contribution < 1.29 is 14.3 Å². The number of hydrogen-bond acceptors (Lipinski definition) is 4. The van der Waals surface area contributed by atoms with E-state index in [9.17, 15) is 4.79 Å². The highest BCUT2D eigenvalue weighted by atomic mass is 16.6. The SMILES string of the molecule is O=C1C(CCc2ccccc2)NCN1CC1COCCO1. The summed E-state index contributed by atoms with van der Waals surface area (Å²) < 4.78 is 11.0. The van der Waals surface area contributed by atoms with Crippen LogP contribution in [0.25, 0.3) is 0 Å². The molecule has 0 spiro atoms. The van der Waals surface area contributed by atoms with Crippen LogP contribution in [-0.2, 0) is 20.7 Å². The number of nitrogens with zero attached hydrogens (tertiary/aromatic N) is 1. The summed E-state index contributed by atoms with van der Waals surface area (Å²) in [6.07, 6.45) is 1.76. The first-order chi connectivity index (χ1) is 10.3. The van der Waals surface area contributed by atoms with E-state index in [1.54, 1.807) is 0 Å². The van der Waals surface area contributed by atoms with Crippen molar-refractivity contribution in [2.75, 3.05) is 33.0 Å². The predicted molar refractivity (Wildman–Crippen MR) is 78.8 cm³/mol. The highest BCUT2D eigenvalue weighted by Crippen LogP contribution is 2.13. The number of hydrogen-bond donors (Lipinski definition) is 1. The van der Waals surface area contributed by atoms with E-state index in [1.165, 1.54) is 5.56 Å². The van der Waals surface area contributed by atoms with Crippen molar-refractivity contribution in [2.45, 2.75) is 25.0 Å². The van der Waals surface area contributed by atoms with Crippen LogP contribution in [0.4, 0.5) is 0 Å². The van der Waals surface area contributed by atoms with Gasteiger partial charge in [-0.1, -0.05) is 30.3 Å². The molecular weight excluding hydrogens is 268 g/mol. The minimum Gasteiger partial charge on any atom is -0.376 e. The molecule has 21 heavy (non-hydrogen) atoms. The molecule has 1 amide bonds. The van der Waals surface area contributed by atoms with Gasteiger partial charge in [0.15, 0.2) is 0 Å². The Bertz CT molecular complexity index is 460. The number of benzene rings is 1. The lowest BCUT2D eigenvalue weighted by molar-refractivity contribution is -0.135. The second kappa shape index (κ2) is 7.02. The molecule has 2 fully saturated rings. The number of ether oxygens (including phenoxy) is 2. The van der Waals surface area contributed by atoms with Gasteiger partial charge >= 0.3 is 0 Å². The summed E-state index contributed by atoms with van der Waals surface area (Å²) in [5, 5.41) is 3.30. The molecule has 0 saturated carbocycles. The first-order valence-corrected chi connectivity index (χ1v) is 7.58. The van der Waals surface area contributed by atoms with Crippen molar-refractivity contribution in [3.63, 3.8) is 0 Å². The van der Waals surface area contributed by atoms with Crippen molar-refractivity contribution in [3.05, 3.63) is 35.9 Å². The van der Waals surface area contributed by atoms with Crippen LogP contribution >= 0.6 is 0 Å². The van der Waals surface area contributed by atoms with Gasteiger partial charge < -0.3 is 14.4 Å². The lowest BCUT2D eigenvalue weighted by atomic mass is 10.1. The van der Waals surface area contributed by atoms with Gasteiger partial charge in [0.2, 0.25) is 5.91 Å². The Morgan fingerprint density at radius 1 is 1.24 bits per heavy atom. The van der Waals surface area contributed by atoms with Gasteiger partial charge in [-0.15, -0.1) is 0 Å². The van der Waals surface area contributed by atoms with Crippen LogP contribution in [0.5, 0.6) is 0 Å². The first kappa shape index (κ1) is 14.5. The van der Waals surface area contributed by atoms with Gasteiger partial charge in [0.05, 0.1) is 45.2 Å². The molecule has 2 atom stereocenters. The summed E-state index contributed by atoms with van der Waals surface area (Å²) in [7, 11) is 0. The van der Waals surface area contributed by atoms with Crippen LogP contribution in [0.1, 0.15) is 12.0 Å². The van der Waals surface area contributed by atoms with Crippen LogP contribution in [0.15, 0.2) is 30.3 Å². The van der Waals surface area contributed by atoms with Crippen molar-refractivity contribution in [3.8, 4) is 0 Å². The lowest BCUT2D eigenvalue weighted by Crippen LogP contribution is -2.41. The number of carbonyl (C=O) groups excluding carboxylic acids is 1. The molecule has 0 radical (unpaired) electrons. The molecule has 2 heterocycles. The van der Waals surface area contributed by atoms with E-state index < -0.39 is 0 Å². The second-order valence-electron chi connectivity index (χ2n) is 5.57. The zero-order valence-corrected chi connectivity index (χ0v) is 12.2. The molecule has 2 aliphatic heterocycles. The molecular formula is C16H22N2O3. The molecule has 1 aromatic rings. The molecule has 2 saturated heterocycles. The Labute approximate surface area is 125 Å². The van der Waals surface area contributed by atoms with Crippen molar-refractivity contribution in [2.24, 2.45) is 0 Å². The van der Waals surface area contributed by atoms with Crippen molar-refractivity contribution >= 4 is 5.91 Å². The van der Waals surface area contributed by atoms with Crippen molar-refractivity contribution in [1.82, 2.24) is 10.2 Å². The Balaban J connectivity index is 1.47. The van der Waals surface area contributed by atoms with E-state index in [0.29, 0.717) is 33.0 Å². The third-order valence-corrected chi connectivity index (χ3v) is 4.01. The maximum Gasteiger partial charge on any atom is 0.240 e. The third-order valence-electron chi connectivity index (χ3n) is 4.01. The highest BCUT2D eigenvalue weighted by molar-refractivity contribution is 5.83. The Morgan fingerprint density at radius 3 is 2.86 bits per heavy atom. The third kappa shape index (κ3) is 3.81. The average Bonchev–Trinajstić information content (AvgIpc) is 2.88. The minimum absolute atomic E-state index is 0.0115. The molecule has 114 valence electrons. The Morgan fingerprint density at radius 2 is 2.10 bits per heavy atom. The molecule has 3 rings (SSSR count). The molecule has 0 aliphatic carbocycles. The highest BCUT2D eigenvalue weighted by Gasteiger charge is 2.32. The minimum atomic E-state index is -0.0743. The average molecular weight is 290 g/mol. The van der Waals surface area contributed by atoms with Gasteiger partial charge in [-0.3, -0.25) is 10.1 Å². The fourth-order valence-electron chi connectivity index (χ4n) is 2.83. The maximum atomic E-state index is 12.4. The molecule has 5 heteroatoms. The Hall–Kier alpha value is -1.43. The molecule has 1 aromatic carbocycles. The molecule has 1 N–H and O–H groups in total. The van der Waals surface area contributed by atoms with E-state index in [2.05, 4.69) is 17.4 Å². The summed E-state index contributed by atoms with van der Waals surface area (Å²) in [4.78, 5) is 14.2. The molecule has 0 aromatic heterocycles. The number of carbonyl (C=O) groups is 1. The quantitative estimate of drug-likeness (QED) is 0.871. The zero-order valence-electron chi connectivity index (χ0n) is 12.2. The van der Waals surface area contributed by atoms with Crippen LogP contribution in [0.2, 0.25) is 0 Å². The topological polar surface area (TPSA) is 50.8 Å². The number of rotatable bonds is 5. The van der Waals surface area contributed by atoms with E-state index in [4.69, 9.17) is 9.47 Å². The lowest BCUT2D eigenvalue weighted by Gasteiger charge is -2.27. The first-order valence-electron chi connectivity index (χ1n) is 7.58. The van der Waals surface area contributed by atoms with E-state index in [1.807, 2.05) is 23.1 Å². The predicted octanol–water partition coefficient (Wildman–Crippen LogP) is 0.792. The number of amides is 1. The van der Waals surface area contributed by atoms with Gasteiger partial charge in [-0.2, -0.15) is 0 Å². The molecule has 0 bridgehead atoms. The molecule has 2 unspecified atom stereocenters. The van der Waals surface area contributed by atoms with E-state index in [0.717, 1.165) is 12.8 Å². The number of aryl methyl sites for hydroxylation is 1. The van der Waals surface area contributed by atoms with Crippen LogP contribution in [0, 0.1) is 0 Å². The van der Waals surface area contributed by atoms with Gasteiger partial charge in [-0.05, 0) is 18.4 Å². The zero-order chi connectivity index (χ0) is 14.5. The monoisotopic (exact) mass is 290 g/mol. The maximum absolute atomic E-state index is 12.4. The van der Waals surface area contributed by atoms with E-state index >= 15 is 0 Å². The van der Waals surface area contributed by atoms with Gasteiger partial charge in [0, 0.05) is 0 Å². The summed E-state index contributed by atoms with van der Waals surface area (Å²) in [5.41, 5.74) is 1.27. The summed E-state index contributed by atoms with van der Waals surface area (Å²) >= 11 is 0. The normalized spacial score (nSPS) is 26.3. The number of nitrogens with one attached hydrogen (secondary N) is 1. The van der Waals surface area contributed by atoms with Crippen LogP contribution < -0.4 is 5.32 Å². The van der Waals surface area contributed by atoms with Gasteiger partial charge in [0.1, 0.15) is 0 Å². The van der Waals surface area contributed by atoms with Crippen LogP contribution in [0.3, 0.4) is 0 Å². The largest absolute Gasteiger partial charge is 0.376 e. The smallest absolute Gasteiger partial charge is 0.240 e. The van der Waals surface area contributed by atoms with Gasteiger partial charge in [-0.25, -0.2) is 0 Å². The van der Waals surface area contributed by atoms with Crippen molar-refractivity contribution in [1.29, 1.82) is 0 Å². The summed E-state index contributed by atoms with van der Waals surface area (Å²) in [5.74, 6) is 0.181. The summed E-state index contributed by atoms with van der Waals surface area (Å²) in [6.45, 7) is 3.09. The second-order valence-corrected chi connectivity index (χ2v) is 5.57. The summed E-state index contributed by atoms with van der Waals surface area (Å²) in [6, 6.07) is 10.2. The standard InChI is InChI=1S/C16H22N2O3/c19-16-15(7-6-13-4-2-1-3-5-13)17-12-18(16)10-14-11-20-8-9-21-14/h1-5,14-15,17H,6-12H2.